The third-order valence-corrected chi connectivity index (χ3v) is 3.25. The predicted molar refractivity (Wildman–Crippen MR) is 80.5 cm³/mol. The molecule has 1 aromatic carbocycles. The van der Waals surface area contributed by atoms with Gasteiger partial charge in [0.15, 0.2) is 0 Å². The smallest absolute Gasteiger partial charge is 0.236 e. The zero-order chi connectivity index (χ0) is 14.7. The van der Waals surface area contributed by atoms with Gasteiger partial charge in [-0.05, 0) is 32.9 Å². The van der Waals surface area contributed by atoms with Gasteiger partial charge < -0.3 is 15.6 Å². The number of nitrogens with two attached hydrogens (primary N) is 1. The third-order valence-electron chi connectivity index (χ3n) is 3.25. The van der Waals surface area contributed by atoms with Crippen molar-refractivity contribution in [3.63, 3.8) is 0 Å². The first-order valence-electron chi connectivity index (χ1n) is 7.00. The second-order valence-corrected chi connectivity index (χ2v) is 5.31. The van der Waals surface area contributed by atoms with Crippen LogP contribution in [0.1, 0.15) is 32.6 Å². The van der Waals surface area contributed by atoms with Gasteiger partial charge in [-0.15, -0.1) is 0 Å². The summed E-state index contributed by atoms with van der Waals surface area (Å²) in [7, 11) is 0. The Morgan fingerprint density at radius 3 is 2.70 bits per heavy atom. The molecule has 1 amide bonds. The first-order valence-corrected chi connectivity index (χ1v) is 7.00. The molecule has 3 N–H and O–H groups in total. The molecule has 0 aliphatic rings. The second kappa shape index (κ2) is 6.05. The topological polar surface area (TPSA) is 72.9 Å². The Kier molecular flexibility index (Phi) is 4.39. The van der Waals surface area contributed by atoms with Crippen LogP contribution in [0.5, 0.6) is 0 Å². The fraction of sp³-hybridized carbons (Fsp3) is 0.467. The highest BCUT2D eigenvalue weighted by molar-refractivity contribution is 5.81. The third kappa shape index (κ3) is 2.99. The van der Waals surface area contributed by atoms with Gasteiger partial charge in [-0.25, -0.2) is 4.98 Å². The number of benzene rings is 1. The van der Waals surface area contributed by atoms with Crippen LogP contribution in [0.2, 0.25) is 0 Å². The lowest BCUT2D eigenvalue weighted by atomic mass is 10.3. The van der Waals surface area contributed by atoms with Gasteiger partial charge in [-0.1, -0.05) is 12.1 Å². The molecule has 1 aromatic heterocycles. The van der Waals surface area contributed by atoms with Crippen LogP contribution in [0.25, 0.3) is 11.0 Å². The maximum Gasteiger partial charge on any atom is 0.236 e. The molecule has 1 heterocycles. The lowest BCUT2D eigenvalue weighted by Gasteiger charge is -2.13. The number of hydrogen-bond acceptors (Lipinski definition) is 3. The van der Waals surface area contributed by atoms with Gasteiger partial charge in [0.1, 0.15) is 5.82 Å². The quantitative estimate of drug-likeness (QED) is 0.870. The highest BCUT2D eigenvalue weighted by Gasteiger charge is 2.13. The Balaban J connectivity index is 2.17. The van der Waals surface area contributed by atoms with E-state index in [0.717, 1.165) is 16.9 Å². The Morgan fingerprint density at radius 1 is 1.35 bits per heavy atom. The van der Waals surface area contributed by atoms with Crippen LogP contribution < -0.4 is 11.1 Å². The number of rotatable bonds is 5. The largest absolute Gasteiger partial charge is 0.354 e. The average Bonchev–Trinajstić information content (AvgIpc) is 2.76. The number of fused-ring (bicyclic) bond motifs is 1. The predicted octanol–water partition coefficient (Wildman–Crippen LogP) is 1.62. The van der Waals surface area contributed by atoms with E-state index in [1.54, 1.807) is 6.92 Å². The van der Waals surface area contributed by atoms with Gasteiger partial charge in [-0.2, -0.15) is 0 Å². The van der Waals surface area contributed by atoms with E-state index in [0.29, 0.717) is 19.0 Å². The summed E-state index contributed by atoms with van der Waals surface area (Å²) >= 11 is 0. The lowest BCUT2D eigenvalue weighted by molar-refractivity contribution is -0.121. The van der Waals surface area contributed by atoms with Crippen LogP contribution in [0.4, 0.5) is 0 Å². The summed E-state index contributed by atoms with van der Waals surface area (Å²) in [5, 5.41) is 2.82. The van der Waals surface area contributed by atoms with Crippen molar-refractivity contribution in [1.29, 1.82) is 0 Å². The Bertz CT molecular complexity index is 601. The molecule has 5 heteroatoms. The Hall–Kier alpha value is -1.88. The summed E-state index contributed by atoms with van der Waals surface area (Å²) in [6, 6.07) is 7.96. The highest BCUT2D eigenvalue weighted by atomic mass is 16.2. The molecule has 1 unspecified atom stereocenters. The number of carbonyl (C=O) groups is 1. The maximum absolute atomic E-state index is 11.5. The van der Waals surface area contributed by atoms with Crippen LogP contribution in [0.3, 0.4) is 0 Å². The first kappa shape index (κ1) is 14.5. The Labute approximate surface area is 119 Å². The van der Waals surface area contributed by atoms with Gasteiger partial charge in [0.2, 0.25) is 5.91 Å². The summed E-state index contributed by atoms with van der Waals surface area (Å²) in [5.41, 5.74) is 7.65. The van der Waals surface area contributed by atoms with Crippen LogP contribution >= 0.6 is 0 Å². The molecular weight excluding hydrogens is 252 g/mol. The van der Waals surface area contributed by atoms with Crippen LogP contribution in [0, 0.1) is 0 Å². The normalized spacial score (nSPS) is 12.8. The van der Waals surface area contributed by atoms with Crippen LogP contribution in [-0.4, -0.2) is 28.0 Å². The van der Waals surface area contributed by atoms with Crippen molar-refractivity contribution in [1.82, 2.24) is 14.9 Å². The summed E-state index contributed by atoms with van der Waals surface area (Å²) in [5.74, 6) is 0.864. The summed E-state index contributed by atoms with van der Waals surface area (Å²) in [6.07, 6.45) is 0.700. The van der Waals surface area contributed by atoms with Gasteiger partial charge in [-0.3, -0.25) is 4.79 Å². The highest BCUT2D eigenvalue weighted by Crippen LogP contribution is 2.20. The van der Waals surface area contributed by atoms with Gasteiger partial charge in [0.25, 0.3) is 0 Å². The molecule has 20 heavy (non-hydrogen) atoms. The van der Waals surface area contributed by atoms with Gasteiger partial charge in [0.05, 0.1) is 17.1 Å². The molecule has 2 rings (SSSR count). The molecule has 1 atom stereocenters. The molecule has 0 spiro atoms. The van der Waals surface area contributed by atoms with Crippen molar-refractivity contribution in [2.45, 2.75) is 39.3 Å². The van der Waals surface area contributed by atoms with Crippen molar-refractivity contribution in [3.8, 4) is 0 Å². The first-order chi connectivity index (χ1) is 9.50. The van der Waals surface area contributed by atoms with Crippen LogP contribution in [0.15, 0.2) is 24.3 Å². The van der Waals surface area contributed by atoms with E-state index in [4.69, 9.17) is 5.73 Å². The van der Waals surface area contributed by atoms with E-state index in [9.17, 15) is 4.79 Å². The van der Waals surface area contributed by atoms with Gasteiger partial charge >= 0.3 is 0 Å². The molecule has 0 fully saturated rings. The van der Waals surface area contributed by atoms with E-state index < -0.39 is 6.04 Å². The number of nitrogens with zero attached hydrogens (tertiary/aromatic N) is 2. The van der Waals surface area contributed by atoms with E-state index >= 15 is 0 Å². The Morgan fingerprint density at radius 2 is 2.05 bits per heavy atom. The zero-order valence-electron chi connectivity index (χ0n) is 12.3. The number of para-hydroxylation sites is 2. The number of hydrogen-bond donors (Lipinski definition) is 2. The van der Waals surface area contributed by atoms with E-state index in [1.165, 1.54) is 0 Å². The van der Waals surface area contributed by atoms with E-state index in [-0.39, 0.29) is 5.91 Å². The molecule has 0 saturated heterocycles. The van der Waals surface area contributed by atoms with Crippen molar-refractivity contribution < 1.29 is 4.79 Å². The van der Waals surface area contributed by atoms with Crippen molar-refractivity contribution >= 4 is 16.9 Å². The summed E-state index contributed by atoms with van der Waals surface area (Å²) in [6.45, 7) is 6.51. The minimum Gasteiger partial charge on any atom is -0.354 e. The second-order valence-electron chi connectivity index (χ2n) is 5.31. The fourth-order valence-electron chi connectivity index (χ4n) is 2.31. The molecule has 2 aromatic rings. The molecule has 0 aliphatic heterocycles. The molecule has 0 bridgehead atoms. The van der Waals surface area contributed by atoms with Crippen molar-refractivity contribution in [3.05, 3.63) is 30.1 Å². The average molecular weight is 274 g/mol. The van der Waals surface area contributed by atoms with Crippen molar-refractivity contribution in [2.75, 3.05) is 6.54 Å². The number of amides is 1. The molecular formula is C15H22N4O. The fourth-order valence-corrected chi connectivity index (χ4v) is 2.31. The summed E-state index contributed by atoms with van der Waals surface area (Å²) in [4.78, 5) is 16.1. The summed E-state index contributed by atoms with van der Waals surface area (Å²) < 4.78 is 2.22. The number of imidazole rings is 1. The van der Waals surface area contributed by atoms with Crippen LogP contribution in [-0.2, 0) is 11.2 Å². The molecule has 108 valence electrons. The standard InChI is InChI=1S/C15H22N4O/c1-10(2)19-13-7-5-4-6-12(13)18-14(19)8-9-17-15(20)11(3)16/h4-7,10-11H,8-9,16H2,1-3H3,(H,17,20). The van der Waals surface area contributed by atoms with E-state index in [2.05, 4.69) is 34.8 Å². The molecule has 5 nitrogen and oxygen atoms in total. The minimum absolute atomic E-state index is 0.128. The van der Waals surface area contributed by atoms with Gasteiger partial charge in [0, 0.05) is 19.0 Å². The molecule has 0 radical (unpaired) electrons. The zero-order valence-corrected chi connectivity index (χ0v) is 12.3. The lowest BCUT2D eigenvalue weighted by Crippen LogP contribution is -2.39. The monoisotopic (exact) mass is 274 g/mol. The molecule has 0 saturated carbocycles. The molecule has 0 aliphatic carbocycles. The SMILES string of the molecule is CC(N)C(=O)NCCc1nc2ccccc2n1C(C)C. The minimum atomic E-state index is -0.473. The number of carbonyl (C=O) groups excluding carboxylic acids is 1. The van der Waals surface area contributed by atoms with E-state index in [1.807, 2.05) is 18.2 Å². The van der Waals surface area contributed by atoms with Crippen molar-refractivity contribution in [2.24, 2.45) is 5.73 Å². The maximum atomic E-state index is 11.5. The number of nitrogens with one attached hydrogen (secondary N) is 1. The number of aromatic nitrogens is 2.